The fourth-order valence-corrected chi connectivity index (χ4v) is 4.91. The molecule has 0 radical (unpaired) electrons. The number of methoxy groups -OCH3 is 1. The third-order valence-electron chi connectivity index (χ3n) is 6.43. The number of H-pyrrole nitrogens is 1. The van der Waals surface area contributed by atoms with Crippen LogP contribution in [-0.4, -0.2) is 26.2 Å². The van der Waals surface area contributed by atoms with Crippen molar-refractivity contribution in [3.63, 3.8) is 0 Å². The highest BCUT2D eigenvalue weighted by atomic mass is 16.5. The molecule has 1 fully saturated rings. The standard InChI is InChI=1S/C23H26N4O2/c1-15-7-3-5-9-18(15)27-21-17-11-12-24-22(17)25-13-19(21)26(23(27)28)14-16-8-4-6-10-20(16)29-2/h4,6,8,10-13,15,18H,3,5,7,9,14H2,1-2H3,(H,24,25)/t15-,18+/m1/s1. The van der Waals surface area contributed by atoms with Crippen molar-refractivity contribution in [2.45, 2.75) is 45.2 Å². The number of pyridine rings is 1. The first kappa shape index (κ1) is 18.0. The molecule has 6 heteroatoms. The van der Waals surface area contributed by atoms with E-state index >= 15 is 0 Å². The maximum absolute atomic E-state index is 13.7. The van der Waals surface area contributed by atoms with E-state index in [2.05, 4.69) is 16.9 Å². The minimum Gasteiger partial charge on any atom is -0.496 e. The summed E-state index contributed by atoms with van der Waals surface area (Å²) in [6.07, 6.45) is 8.35. The molecule has 3 heterocycles. The van der Waals surface area contributed by atoms with Gasteiger partial charge >= 0.3 is 5.69 Å². The summed E-state index contributed by atoms with van der Waals surface area (Å²) in [5.74, 6) is 1.27. The molecule has 0 amide bonds. The molecule has 0 saturated heterocycles. The first-order chi connectivity index (χ1) is 14.2. The lowest BCUT2D eigenvalue weighted by Gasteiger charge is -2.29. The molecular formula is C23H26N4O2. The maximum atomic E-state index is 13.7. The van der Waals surface area contributed by atoms with Gasteiger partial charge in [-0.1, -0.05) is 38.0 Å². The largest absolute Gasteiger partial charge is 0.496 e. The van der Waals surface area contributed by atoms with Crippen LogP contribution in [0.5, 0.6) is 5.75 Å². The number of fused-ring (bicyclic) bond motifs is 3. The van der Waals surface area contributed by atoms with Crippen molar-refractivity contribution in [1.29, 1.82) is 0 Å². The SMILES string of the molecule is COc1ccccc1Cn1c(=O)n([C@H]2CCCC[C@H]2C)c2c3cc[nH]c3ncc21. The van der Waals surface area contributed by atoms with E-state index in [1.54, 1.807) is 7.11 Å². The van der Waals surface area contributed by atoms with Gasteiger partial charge in [-0.2, -0.15) is 0 Å². The monoisotopic (exact) mass is 390 g/mol. The van der Waals surface area contributed by atoms with Gasteiger partial charge in [0.25, 0.3) is 0 Å². The zero-order valence-electron chi connectivity index (χ0n) is 16.9. The Morgan fingerprint density at radius 1 is 1.21 bits per heavy atom. The minimum atomic E-state index is 0.0418. The number of aromatic nitrogens is 4. The second-order valence-corrected chi connectivity index (χ2v) is 8.11. The van der Waals surface area contributed by atoms with Crippen LogP contribution in [0.15, 0.2) is 47.5 Å². The number of nitrogens with zero attached hydrogens (tertiary/aromatic N) is 3. The van der Waals surface area contributed by atoms with Crippen LogP contribution in [-0.2, 0) is 6.54 Å². The highest BCUT2D eigenvalue weighted by Crippen LogP contribution is 2.36. The predicted octanol–water partition coefficient (Wildman–Crippen LogP) is 4.49. The van der Waals surface area contributed by atoms with Gasteiger partial charge in [-0.15, -0.1) is 0 Å². The Labute approximate surface area is 169 Å². The molecule has 1 aromatic carbocycles. The van der Waals surface area contributed by atoms with Crippen molar-refractivity contribution in [3.05, 3.63) is 58.8 Å². The van der Waals surface area contributed by atoms with Crippen molar-refractivity contribution in [3.8, 4) is 5.75 Å². The molecule has 5 rings (SSSR count). The van der Waals surface area contributed by atoms with Gasteiger partial charge in [0, 0.05) is 23.2 Å². The number of imidazole rings is 1. The van der Waals surface area contributed by atoms with Crippen LogP contribution in [0, 0.1) is 5.92 Å². The minimum absolute atomic E-state index is 0.0418. The Balaban J connectivity index is 1.76. The summed E-state index contributed by atoms with van der Waals surface area (Å²) in [7, 11) is 1.67. The van der Waals surface area contributed by atoms with Crippen molar-refractivity contribution in [2.75, 3.05) is 7.11 Å². The number of rotatable bonds is 4. The molecule has 1 aliphatic carbocycles. The van der Waals surface area contributed by atoms with Crippen molar-refractivity contribution < 1.29 is 4.74 Å². The lowest BCUT2D eigenvalue weighted by Crippen LogP contribution is -2.32. The smallest absolute Gasteiger partial charge is 0.329 e. The van der Waals surface area contributed by atoms with Crippen LogP contribution in [0.25, 0.3) is 22.1 Å². The summed E-state index contributed by atoms with van der Waals surface area (Å²) >= 11 is 0. The molecule has 0 aliphatic heterocycles. The average molecular weight is 390 g/mol. The molecular weight excluding hydrogens is 364 g/mol. The molecule has 1 N–H and O–H groups in total. The van der Waals surface area contributed by atoms with E-state index in [1.165, 1.54) is 12.8 Å². The normalized spacial score (nSPS) is 19.8. The van der Waals surface area contributed by atoms with Crippen LogP contribution >= 0.6 is 0 Å². The van der Waals surface area contributed by atoms with Gasteiger partial charge in [0.2, 0.25) is 0 Å². The number of hydrogen-bond acceptors (Lipinski definition) is 3. The second kappa shape index (κ2) is 7.10. The van der Waals surface area contributed by atoms with E-state index in [4.69, 9.17) is 4.74 Å². The summed E-state index contributed by atoms with van der Waals surface area (Å²) in [6, 6.07) is 10.1. The molecule has 1 aliphatic rings. The highest BCUT2D eigenvalue weighted by Gasteiger charge is 2.29. The first-order valence-corrected chi connectivity index (χ1v) is 10.4. The molecule has 1 saturated carbocycles. The lowest BCUT2D eigenvalue weighted by atomic mass is 9.85. The number of para-hydroxylation sites is 1. The Kier molecular flexibility index (Phi) is 4.42. The van der Waals surface area contributed by atoms with E-state index in [0.29, 0.717) is 12.5 Å². The van der Waals surface area contributed by atoms with Gasteiger partial charge in [0.15, 0.2) is 0 Å². The average Bonchev–Trinajstić information content (AvgIpc) is 3.32. The fourth-order valence-electron chi connectivity index (χ4n) is 4.91. The van der Waals surface area contributed by atoms with E-state index in [1.807, 2.05) is 51.9 Å². The third-order valence-corrected chi connectivity index (χ3v) is 6.43. The number of ether oxygens (including phenoxy) is 1. The zero-order chi connectivity index (χ0) is 20.0. The Hall–Kier alpha value is -3.02. The van der Waals surface area contributed by atoms with Gasteiger partial charge in [-0.05, 0) is 30.9 Å². The van der Waals surface area contributed by atoms with E-state index in [9.17, 15) is 4.79 Å². The number of aromatic amines is 1. The predicted molar refractivity (Wildman–Crippen MR) is 115 cm³/mol. The number of hydrogen-bond donors (Lipinski definition) is 1. The second-order valence-electron chi connectivity index (χ2n) is 8.11. The number of nitrogens with one attached hydrogen (secondary N) is 1. The van der Waals surface area contributed by atoms with Crippen molar-refractivity contribution in [1.82, 2.24) is 19.1 Å². The Morgan fingerprint density at radius 2 is 2.03 bits per heavy atom. The molecule has 150 valence electrons. The van der Waals surface area contributed by atoms with Gasteiger partial charge in [0.05, 0.1) is 30.9 Å². The van der Waals surface area contributed by atoms with Gasteiger partial charge < -0.3 is 9.72 Å². The third kappa shape index (κ3) is 2.85. The van der Waals surface area contributed by atoms with E-state index < -0.39 is 0 Å². The van der Waals surface area contributed by atoms with Crippen LogP contribution in [0.4, 0.5) is 0 Å². The molecule has 29 heavy (non-hydrogen) atoms. The Morgan fingerprint density at radius 3 is 2.86 bits per heavy atom. The zero-order valence-corrected chi connectivity index (χ0v) is 16.9. The number of benzene rings is 1. The van der Waals surface area contributed by atoms with Crippen LogP contribution in [0.1, 0.15) is 44.2 Å². The summed E-state index contributed by atoms with van der Waals surface area (Å²) in [6.45, 7) is 2.74. The molecule has 6 nitrogen and oxygen atoms in total. The van der Waals surface area contributed by atoms with Crippen LogP contribution < -0.4 is 10.4 Å². The first-order valence-electron chi connectivity index (χ1n) is 10.4. The molecule has 3 aromatic heterocycles. The van der Waals surface area contributed by atoms with Crippen molar-refractivity contribution >= 4 is 22.1 Å². The molecule has 0 spiro atoms. The van der Waals surface area contributed by atoms with Gasteiger partial charge in [-0.25, -0.2) is 9.78 Å². The summed E-state index contributed by atoms with van der Waals surface area (Å²) < 4.78 is 9.43. The molecule has 4 aromatic rings. The molecule has 0 bridgehead atoms. The van der Waals surface area contributed by atoms with Gasteiger partial charge in [0.1, 0.15) is 11.4 Å². The highest BCUT2D eigenvalue weighted by molar-refractivity contribution is 6.01. The fraction of sp³-hybridized carbons (Fsp3) is 0.391. The van der Waals surface area contributed by atoms with Crippen LogP contribution in [0.2, 0.25) is 0 Å². The molecule has 0 unspecified atom stereocenters. The summed E-state index contributed by atoms with van der Waals surface area (Å²) in [5, 5.41) is 1.01. The maximum Gasteiger partial charge on any atom is 0.329 e. The summed E-state index contributed by atoms with van der Waals surface area (Å²) in [4.78, 5) is 21.5. The summed E-state index contributed by atoms with van der Waals surface area (Å²) in [5.41, 5.74) is 3.73. The van der Waals surface area contributed by atoms with Crippen molar-refractivity contribution in [2.24, 2.45) is 5.92 Å². The Bertz CT molecular complexity index is 1230. The molecule has 2 atom stereocenters. The van der Waals surface area contributed by atoms with E-state index in [-0.39, 0.29) is 11.7 Å². The van der Waals surface area contributed by atoms with Gasteiger partial charge in [-0.3, -0.25) is 9.13 Å². The van der Waals surface area contributed by atoms with Crippen LogP contribution in [0.3, 0.4) is 0 Å². The lowest BCUT2D eigenvalue weighted by molar-refractivity contribution is 0.256. The quantitative estimate of drug-likeness (QED) is 0.558. The van der Waals surface area contributed by atoms with E-state index in [0.717, 1.165) is 46.2 Å². The topological polar surface area (TPSA) is 64.8 Å².